The molecule has 0 aromatic heterocycles. The smallest absolute Gasteiger partial charge is 0.0927 e. The molecule has 0 aromatic rings. The lowest BCUT2D eigenvalue weighted by atomic mass is 9.64. The molecule has 0 aromatic carbocycles. The number of hydrogen-bond acceptors (Lipinski definition) is 2. The summed E-state index contributed by atoms with van der Waals surface area (Å²) < 4.78 is 0. The van der Waals surface area contributed by atoms with Gasteiger partial charge >= 0.3 is 0 Å². The van der Waals surface area contributed by atoms with E-state index < -0.39 is 5.60 Å². The molecule has 17 heavy (non-hydrogen) atoms. The van der Waals surface area contributed by atoms with Crippen LogP contribution in [0.1, 0.15) is 40.0 Å². The first-order valence-electron chi connectivity index (χ1n) is 6.62. The van der Waals surface area contributed by atoms with Crippen LogP contribution in [-0.2, 0) is 0 Å². The lowest BCUT2D eigenvalue weighted by Crippen LogP contribution is -2.46. The quantitative estimate of drug-likeness (QED) is 0.739. The van der Waals surface area contributed by atoms with Crippen molar-refractivity contribution < 1.29 is 10.2 Å². The molecule has 1 rings (SSSR count). The molecule has 2 nitrogen and oxygen atoms in total. The molecule has 0 heterocycles. The van der Waals surface area contributed by atoms with Crippen molar-refractivity contribution in [2.24, 2.45) is 17.8 Å². The van der Waals surface area contributed by atoms with Crippen LogP contribution in [0.4, 0.5) is 0 Å². The maximum atomic E-state index is 11.0. The van der Waals surface area contributed by atoms with E-state index in [-0.39, 0.29) is 12.5 Å². The van der Waals surface area contributed by atoms with E-state index in [0.717, 1.165) is 18.4 Å². The summed E-state index contributed by atoms with van der Waals surface area (Å²) in [6.45, 7) is 10.2. The van der Waals surface area contributed by atoms with Crippen LogP contribution in [0.3, 0.4) is 0 Å². The molecule has 0 amide bonds. The van der Waals surface area contributed by atoms with Crippen LogP contribution in [0.2, 0.25) is 0 Å². The van der Waals surface area contributed by atoms with E-state index in [1.807, 2.05) is 0 Å². The average Bonchev–Trinajstić information content (AvgIpc) is 2.24. The molecule has 1 aliphatic carbocycles. The highest BCUT2D eigenvalue weighted by atomic mass is 16.3. The topological polar surface area (TPSA) is 40.5 Å². The molecular formula is C15H26O2. The SMILES string of the molecule is C=C/C(=C/CO)C1(O)C[C@H](C)CC[C@H]1C(C)C. The molecule has 0 radical (unpaired) electrons. The number of aliphatic hydroxyl groups excluding tert-OH is 1. The van der Waals surface area contributed by atoms with Crippen molar-refractivity contribution in [3.05, 3.63) is 24.3 Å². The van der Waals surface area contributed by atoms with Gasteiger partial charge in [0.15, 0.2) is 0 Å². The molecule has 2 heteroatoms. The van der Waals surface area contributed by atoms with Gasteiger partial charge in [-0.25, -0.2) is 0 Å². The Morgan fingerprint density at radius 1 is 1.47 bits per heavy atom. The second kappa shape index (κ2) is 5.83. The molecule has 0 spiro atoms. The van der Waals surface area contributed by atoms with Crippen LogP contribution < -0.4 is 0 Å². The molecule has 0 saturated heterocycles. The maximum Gasteiger partial charge on any atom is 0.0927 e. The summed E-state index contributed by atoms with van der Waals surface area (Å²) in [4.78, 5) is 0. The van der Waals surface area contributed by atoms with Gasteiger partial charge in [-0.2, -0.15) is 0 Å². The average molecular weight is 238 g/mol. The molecule has 0 bridgehead atoms. The first-order chi connectivity index (χ1) is 7.95. The summed E-state index contributed by atoms with van der Waals surface area (Å²) in [6.07, 6.45) is 6.39. The fourth-order valence-electron chi connectivity index (χ4n) is 3.24. The summed E-state index contributed by atoms with van der Waals surface area (Å²) in [5.41, 5.74) is -0.0127. The Labute approximate surface area is 105 Å². The molecule has 1 fully saturated rings. The van der Waals surface area contributed by atoms with Crippen molar-refractivity contribution >= 4 is 0 Å². The van der Waals surface area contributed by atoms with Crippen molar-refractivity contribution in [2.45, 2.75) is 45.6 Å². The minimum Gasteiger partial charge on any atom is -0.392 e. The van der Waals surface area contributed by atoms with Crippen LogP contribution in [0, 0.1) is 17.8 Å². The number of rotatable bonds is 4. The minimum absolute atomic E-state index is 0.0388. The molecule has 98 valence electrons. The minimum atomic E-state index is -0.809. The molecule has 0 aliphatic heterocycles. The third kappa shape index (κ3) is 2.99. The van der Waals surface area contributed by atoms with Gasteiger partial charge in [-0.05, 0) is 36.2 Å². The van der Waals surface area contributed by atoms with E-state index in [1.54, 1.807) is 12.2 Å². The second-order valence-corrected chi connectivity index (χ2v) is 5.71. The monoisotopic (exact) mass is 238 g/mol. The van der Waals surface area contributed by atoms with Crippen molar-refractivity contribution in [1.29, 1.82) is 0 Å². The van der Waals surface area contributed by atoms with Gasteiger partial charge in [-0.1, -0.05) is 45.9 Å². The summed E-state index contributed by atoms with van der Waals surface area (Å²) >= 11 is 0. The second-order valence-electron chi connectivity index (χ2n) is 5.71. The predicted octanol–water partition coefficient (Wildman–Crippen LogP) is 2.91. The highest BCUT2D eigenvalue weighted by molar-refractivity contribution is 5.30. The predicted molar refractivity (Wildman–Crippen MR) is 71.7 cm³/mol. The van der Waals surface area contributed by atoms with E-state index in [4.69, 9.17) is 5.11 Å². The summed E-state index contributed by atoms with van der Waals surface area (Å²) in [5.74, 6) is 1.22. The molecule has 2 N–H and O–H groups in total. The maximum absolute atomic E-state index is 11.0. The van der Waals surface area contributed by atoms with Crippen molar-refractivity contribution in [3.8, 4) is 0 Å². The van der Waals surface area contributed by atoms with E-state index in [1.165, 1.54) is 6.42 Å². The fraction of sp³-hybridized carbons (Fsp3) is 0.733. The zero-order valence-electron chi connectivity index (χ0n) is 11.3. The lowest BCUT2D eigenvalue weighted by Gasteiger charge is -2.45. The van der Waals surface area contributed by atoms with Crippen LogP contribution >= 0.6 is 0 Å². The van der Waals surface area contributed by atoms with Gasteiger partial charge in [0.1, 0.15) is 0 Å². The number of hydrogen-bond donors (Lipinski definition) is 2. The van der Waals surface area contributed by atoms with Crippen LogP contribution in [-0.4, -0.2) is 22.4 Å². The standard InChI is InChI=1S/C15H26O2/c1-5-13(8-9-16)15(17)10-12(4)6-7-14(15)11(2)3/h5,8,11-12,14,16-17H,1,6-7,9-10H2,2-4H3/b13-8-/t12-,14+,15?/m1/s1. The van der Waals surface area contributed by atoms with Gasteiger partial charge in [-0.15, -0.1) is 0 Å². The first-order valence-corrected chi connectivity index (χ1v) is 6.62. The van der Waals surface area contributed by atoms with Crippen LogP contribution in [0.5, 0.6) is 0 Å². The van der Waals surface area contributed by atoms with E-state index in [9.17, 15) is 5.11 Å². The van der Waals surface area contributed by atoms with Crippen LogP contribution in [0.15, 0.2) is 24.3 Å². The molecule has 1 saturated carbocycles. The van der Waals surface area contributed by atoms with Gasteiger partial charge in [0, 0.05) is 0 Å². The Balaban J connectivity index is 3.07. The molecule has 1 unspecified atom stereocenters. The highest BCUT2D eigenvalue weighted by Gasteiger charge is 2.44. The van der Waals surface area contributed by atoms with E-state index in [0.29, 0.717) is 11.8 Å². The van der Waals surface area contributed by atoms with E-state index in [2.05, 4.69) is 27.4 Å². The third-order valence-corrected chi connectivity index (χ3v) is 4.08. The van der Waals surface area contributed by atoms with Gasteiger partial charge in [-0.3, -0.25) is 0 Å². The first kappa shape index (κ1) is 14.5. The summed E-state index contributed by atoms with van der Waals surface area (Å²) in [7, 11) is 0. The molecular weight excluding hydrogens is 212 g/mol. The largest absolute Gasteiger partial charge is 0.392 e. The lowest BCUT2D eigenvalue weighted by molar-refractivity contribution is -0.0479. The van der Waals surface area contributed by atoms with Crippen molar-refractivity contribution in [2.75, 3.05) is 6.61 Å². The molecule has 1 aliphatic rings. The van der Waals surface area contributed by atoms with Crippen LogP contribution in [0.25, 0.3) is 0 Å². The Morgan fingerprint density at radius 2 is 2.12 bits per heavy atom. The summed E-state index contributed by atoms with van der Waals surface area (Å²) in [5, 5.41) is 20.1. The van der Waals surface area contributed by atoms with Gasteiger partial charge in [0.25, 0.3) is 0 Å². The highest BCUT2D eigenvalue weighted by Crippen LogP contribution is 2.45. The van der Waals surface area contributed by atoms with Gasteiger partial charge in [0.05, 0.1) is 12.2 Å². The fourth-order valence-corrected chi connectivity index (χ4v) is 3.24. The van der Waals surface area contributed by atoms with Gasteiger partial charge in [0.2, 0.25) is 0 Å². The van der Waals surface area contributed by atoms with Crippen molar-refractivity contribution in [1.82, 2.24) is 0 Å². The normalized spacial score (nSPS) is 35.1. The number of aliphatic hydroxyl groups is 2. The summed E-state index contributed by atoms with van der Waals surface area (Å²) in [6, 6.07) is 0. The Kier molecular flexibility index (Phi) is 4.96. The molecule has 3 atom stereocenters. The Morgan fingerprint density at radius 3 is 2.59 bits per heavy atom. The van der Waals surface area contributed by atoms with E-state index >= 15 is 0 Å². The zero-order chi connectivity index (χ0) is 13.1. The van der Waals surface area contributed by atoms with Crippen molar-refractivity contribution in [3.63, 3.8) is 0 Å². The Hall–Kier alpha value is -0.600. The van der Waals surface area contributed by atoms with Gasteiger partial charge < -0.3 is 10.2 Å². The zero-order valence-corrected chi connectivity index (χ0v) is 11.3. The third-order valence-electron chi connectivity index (χ3n) is 4.08. The Bertz CT molecular complexity index is 293.